The summed E-state index contributed by atoms with van der Waals surface area (Å²) in [5.41, 5.74) is 2.86. The number of nitrogens with zero attached hydrogens (tertiary/aromatic N) is 2. The molecule has 0 fully saturated rings. The molecule has 0 radical (unpaired) electrons. The second kappa shape index (κ2) is 9.03. The summed E-state index contributed by atoms with van der Waals surface area (Å²) in [5.74, 6) is -0.0676. The fourth-order valence-corrected chi connectivity index (χ4v) is 4.12. The molecule has 0 saturated heterocycles. The molecule has 34 heavy (non-hydrogen) atoms. The van der Waals surface area contributed by atoms with Crippen LogP contribution in [0.25, 0.3) is 21.5 Å². The van der Waals surface area contributed by atoms with Crippen molar-refractivity contribution in [1.82, 2.24) is 0 Å². The van der Waals surface area contributed by atoms with Gasteiger partial charge in [-0.3, -0.25) is 15.1 Å². The number of hydrogen-bond acceptors (Lipinski definition) is 5. The maximum absolute atomic E-state index is 11.1. The molecule has 5 aromatic rings. The number of nitro groups is 1. The van der Waals surface area contributed by atoms with E-state index in [1.165, 1.54) is 51.5 Å². The number of aromatic hydroxyl groups is 1. The van der Waals surface area contributed by atoms with E-state index in [2.05, 4.69) is 40.6 Å². The van der Waals surface area contributed by atoms with E-state index in [1.807, 2.05) is 48.5 Å². The second-order valence-corrected chi connectivity index (χ2v) is 7.93. The van der Waals surface area contributed by atoms with Gasteiger partial charge in [0.05, 0.1) is 16.3 Å². The molecule has 5 rings (SSSR count). The first-order valence-corrected chi connectivity index (χ1v) is 10.8. The van der Waals surface area contributed by atoms with E-state index in [4.69, 9.17) is 0 Å². The number of hydrogen-bond donors (Lipinski definition) is 2. The van der Waals surface area contributed by atoms with Gasteiger partial charge in [0.25, 0.3) is 5.69 Å². The molecule has 0 bridgehead atoms. The third-order valence-corrected chi connectivity index (χ3v) is 5.81. The van der Waals surface area contributed by atoms with Crippen molar-refractivity contribution in [3.05, 3.63) is 118 Å². The van der Waals surface area contributed by atoms with Gasteiger partial charge in [0, 0.05) is 30.5 Å². The summed E-state index contributed by atoms with van der Waals surface area (Å²) in [5, 5.41) is 29.4. The van der Waals surface area contributed by atoms with Crippen LogP contribution in [0.5, 0.6) is 5.75 Å². The molecule has 2 N–H and O–H groups in total. The molecule has 6 nitrogen and oxygen atoms in total. The van der Waals surface area contributed by atoms with Crippen LogP contribution in [-0.2, 0) is 6.54 Å². The molecular formula is C28H21N3O3. The fraction of sp³-hybridized carbons (Fsp3) is 0.0357. The first-order chi connectivity index (χ1) is 16.6. The number of nitro benzene ring substituents is 1. The highest BCUT2D eigenvalue weighted by molar-refractivity contribution is 6.02. The Labute approximate surface area is 196 Å². The number of fused-ring (bicyclic) bond motifs is 2. The number of aliphatic imine (C=N–C) groups is 1. The second-order valence-electron chi connectivity index (χ2n) is 7.93. The number of anilines is 1. The molecule has 6 heteroatoms. The van der Waals surface area contributed by atoms with Gasteiger partial charge in [-0.2, -0.15) is 0 Å². The summed E-state index contributed by atoms with van der Waals surface area (Å²) in [4.78, 5) is 15.1. The molecule has 0 aliphatic heterocycles. The van der Waals surface area contributed by atoms with Crippen molar-refractivity contribution >= 4 is 44.8 Å². The van der Waals surface area contributed by atoms with Crippen molar-refractivity contribution in [3.63, 3.8) is 0 Å². The van der Waals surface area contributed by atoms with Crippen molar-refractivity contribution in [2.75, 3.05) is 5.32 Å². The molecule has 0 aromatic heterocycles. The molecule has 0 saturated carbocycles. The van der Waals surface area contributed by atoms with Crippen LogP contribution in [0, 0.1) is 10.1 Å². The van der Waals surface area contributed by atoms with Crippen LogP contribution < -0.4 is 5.32 Å². The third kappa shape index (κ3) is 4.17. The standard InChI is InChI=1S/C28H21N3O3/c32-28-14-13-22(31(33)34)16-21(28)17-29-26-11-5-6-12-27(26)30-18-25-23-9-3-1-7-19(23)15-20-8-2-4-10-24(20)25/h1-17,30,32H,18H2. The lowest BCUT2D eigenvalue weighted by Crippen LogP contribution is -2.01. The molecule has 0 heterocycles. The molecule has 0 spiro atoms. The smallest absolute Gasteiger partial charge is 0.270 e. The Morgan fingerprint density at radius 3 is 2.21 bits per heavy atom. The minimum absolute atomic E-state index is 0.0676. The average Bonchev–Trinajstić information content (AvgIpc) is 2.86. The monoisotopic (exact) mass is 447 g/mol. The summed E-state index contributed by atoms with van der Waals surface area (Å²) < 4.78 is 0. The summed E-state index contributed by atoms with van der Waals surface area (Å²) >= 11 is 0. The predicted octanol–water partition coefficient (Wildman–Crippen LogP) is 6.97. The Hall–Kier alpha value is -4.71. The van der Waals surface area contributed by atoms with E-state index in [0.29, 0.717) is 12.2 Å². The van der Waals surface area contributed by atoms with E-state index in [9.17, 15) is 15.2 Å². The van der Waals surface area contributed by atoms with Gasteiger partial charge in [0.1, 0.15) is 5.75 Å². The van der Waals surface area contributed by atoms with Gasteiger partial charge in [-0.05, 0) is 51.4 Å². The van der Waals surface area contributed by atoms with Crippen LogP contribution in [0.3, 0.4) is 0 Å². The minimum Gasteiger partial charge on any atom is -0.507 e. The highest BCUT2D eigenvalue weighted by Crippen LogP contribution is 2.31. The number of para-hydroxylation sites is 2. The van der Waals surface area contributed by atoms with E-state index < -0.39 is 4.92 Å². The van der Waals surface area contributed by atoms with Crippen molar-refractivity contribution in [1.29, 1.82) is 0 Å². The zero-order valence-corrected chi connectivity index (χ0v) is 18.2. The number of phenols is 1. The summed E-state index contributed by atoms with van der Waals surface area (Å²) in [7, 11) is 0. The number of phenolic OH excluding ortho intramolecular Hbond substituents is 1. The Morgan fingerprint density at radius 2 is 1.50 bits per heavy atom. The van der Waals surface area contributed by atoms with E-state index in [1.54, 1.807) is 0 Å². The van der Waals surface area contributed by atoms with Crippen molar-refractivity contribution in [2.45, 2.75) is 6.54 Å². The number of non-ortho nitro benzene ring substituents is 1. The molecule has 5 aromatic carbocycles. The maximum atomic E-state index is 11.1. The van der Waals surface area contributed by atoms with Gasteiger partial charge >= 0.3 is 0 Å². The van der Waals surface area contributed by atoms with Gasteiger partial charge in [-0.1, -0.05) is 60.7 Å². The zero-order valence-electron chi connectivity index (χ0n) is 18.2. The molecular weight excluding hydrogens is 426 g/mol. The molecule has 0 atom stereocenters. The number of benzene rings is 5. The largest absolute Gasteiger partial charge is 0.507 e. The van der Waals surface area contributed by atoms with Crippen molar-refractivity contribution < 1.29 is 10.0 Å². The summed E-state index contributed by atoms with van der Waals surface area (Å²) in [6, 6.07) is 30.3. The van der Waals surface area contributed by atoms with Crippen LogP contribution in [0.15, 0.2) is 102 Å². The third-order valence-electron chi connectivity index (χ3n) is 5.81. The number of rotatable bonds is 6. The Balaban J connectivity index is 1.48. The highest BCUT2D eigenvalue weighted by Gasteiger charge is 2.10. The fourth-order valence-electron chi connectivity index (χ4n) is 4.12. The Kier molecular flexibility index (Phi) is 5.62. The molecule has 166 valence electrons. The predicted molar refractivity (Wildman–Crippen MR) is 137 cm³/mol. The maximum Gasteiger partial charge on any atom is 0.270 e. The van der Waals surface area contributed by atoms with Gasteiger partial charge in [-0.15, -0.1) is 0 Å². The van der Waals surface area contributed by atoms with Gasteiger partial charge < -0.3 is 10.4 Å². The molecule has 0 unspecified atom stereocenters. The minimum atomic E-state index is -0.499. The SMILES string of the molecule is O=[N+]([O-])c1ccc(O)c(C=Nc2ccccc2NCc2c3ccccc3cc3ccccc23)c1. The summed E-state index contributed by atoms with van der Waals surface area (Å²) in [6.07, 6.45) is 1.44. The molecule has 0 aliphatic carbocycles. The normalized spacial score (nSPS) is 11.3. The van der Waals surface area contributed by atoms with Gasteiger partial charge in [-0.25, -0.2) is 0 Å². The summed E-state index contributed by atoms with van der Waals surface area (Å²) in [6.45, 7) is 0.594. The van der Waals surface area contributed by atoms with Crippen LogP contribution in [0.4, 0.5) is 17.1 Å². The van der Waals surface area contributed by atoms with Crippen LogP contribution >= 0.6 is 0 Å². The van der Waals surface area contributed by atoms with E-state index >= 15 is 0 Å². The lowest BCUT2D eigenvalue weighted by Gasteiger charge is -2.14. The molecule has 0 amide bonds. The first kappa shape index (κ1) is 21.2. The number of nitrogens with one attached hydrogen (secondary N) is 1. The Bertz CT molecular complexity index is 1510. The van der Waals surface area contributed by atoms with E-state index in [-0.39, 0.29) is 17.0 Å². The van der Waals surface area contributed by atoms with Crippen molar-refractivity contribution in [3.8, 4) is 5.75 Å². The highest BCUT2D eigenvalue weighted by atomic mass is 16.6. The van der Waals surface area contributed by atoms with E-state index in [0.717, 1.165) is 5.69 Å². The quantitative estimate of drug-likeness (QED) is 0.127. The lowest BCUT2D eigenvalue weighted by molar-refractivity contribution is -0.384. The van der Waals surface area contributed by atoms with Gasteiger partial charge in [0.15, 0.2) is 0 Å². The average molecular weight is 447 g/mol. The van der Waals surface area contributed by atoms with Crippen LogP contribution in [0.1, 0.15) is 11.1 Å². The Morgan fingerprint density at radius 1 is 0.853 bits per heavy atom. The van der Waals surface area contributed by atoms with Crippen molar-refractivity contribution in [2.24, 2.45) is 4.99 Å². The van der Waals surface area contributed by atoms with Gasteiger partial charge in [0.2, 0.25) is 0 Å². The van der Waals surface area contributed by atoms with Crippen LogP contribution in [-0.4, -0.2) is 16.2 Å². The zero-order chi connectivity index (χ0) is 23.5. The van der Waals surface area contributed by atoms with Crippen LogP contribution in [0.2, 0.25) is 0 Å². The lowest BCUT2D eigenvalue weighted by atomic mass is 9.96. The molecule has 0 aliphatic rings. The first-order valence-electron chi connectivity index (χ1n) is 10.8. The topological polar surface area (TPSA) is 87.8 Å².